The molecular weight excluding hydrogens is 318 g/mol. The zero-order valence-corrected chi connectivity index (χ0v) is 13.6. The Hall–Kier alpha value is -0.978. The summed E-state index contributed by atoms with van der Waals surface area (Å²) >= 11 is 2.46. The molecule has 1 aliphatic carbocycles. The average molecular weight is 335 g/mol. The van der Waals surface area contributed by atoms with Crippen molar-refractivity contribution in [3.8, 4) is 0 Å². The van der Waals surface area contributed by atoms with Crippen molar-refractivity contribution in [3.05, 3.63) is 33.3 Å². The molecule has 0 aliphatic heterocycles. The summed E-state index contributed by atoms with van der Waals surface area (Å²) in [6.07, 6.45) is 2.23. The molecule has 0 atom stereocenters. The summed E-state index contributed by atoms with van der Waals surface area (Å²) in [6, 6.07) is 0. The van der Waals surface area contributed by atoms with Gasteiger partial charge in [-0.3, -0.25) is 0 Å². The normalized spacial score (nSPS) is 9.29. The minimum atomic E-state index is 0.245. The van der Waals surface area contributed by atoms with Gasteiger partial charge >= 0.3 is 101 Å². The number of rotatable bonds is 1. The van der Waals surface area contributed by atoms with Crippen LogP contribution >= 0.6 is 0 Å². The topological polar surface area (TPSA) is 123 Å². The first-order chi connectivity index (χ1) is 9.80. The Morgan fingerprint density at radius 3 is 0.952 bits per heavy atom. The Balaban J connectivity index is -0.0000000342. The molecule has 8 heteroatoms. The predicted octanol–water partition coefficient (Wildman–Crippen LogP) is -0.432. The number of hydrogen-bond acceptors (Lipinski definition) is 1. The molecule has 0 aromatic rings. The van der Waals surface area contributed by atoms with E-state index in [-0.39, 0.29) is 4.57 Å². The zero-order chi connectivity index (χ0) is 19.1. The Morgan fingerprint density at radius 2 is 0.952 bits per heavy atom. The molecule has 0 N–H and O–H groups in total. The van der Waals surface area contributed by atoms with Crippen molar-refractivity contribution in [2.45, 2.75) is 12.8 Å². The van der Waals surface area contributed by atoms with Gasteiger partial charge in [-0.15, -0.1) is 0 Å². The quantitative estimate of drug-likeness (QED) is 0.360. The summed E-state index contributed by atoms with van der Waals surface area (Å²) in [7, 11) is 8.50. The van der Waals surface area contributed by atoms with E-state index in [2.05, 4.69) is 77.3 Å². The van der Waals surface area contributed by atoms with E-state index >= 15 is 0 Å². The maximum atomic E-state index is 10.2. The molecule has 21 heavy (non-hydrogen) atoms. The fourth-order valence-electron chi connectivity index (χ4n) is 0.319. The summed E-state index contributed by atoms with van der Waals surface area (Å²) in [5.41, 5.74) is 0. The summed E-state index contributed by atoms with van der Waals surface area (Å²) in [6.45, 7) is 22.5. The van der Waals surface area contributed by atoms with E-state index in [4.69, 9.17) is 23.3 Å². The predicted molar refractivity (Wildman–Crippen MR) is 61.3 cm³/mol. The number of quaternary nitrogens is 1. The molecule has 0 spiro atoms. The van der Waals surface area contributed by atoms with E-state index in [1.807, 2.05) is 0 Å². The summed E-state index contributed by atoms with van der Waals surface area (Å²) < 4.78 is 38.7. The van der Waals surface area contributed by atoms with Crippen LogP contribution in [0.25, 0.3) is 0 Å². The number of hydrogen-bond donors (Lipinski definition) is 0. The van der Waals surface area contributed by atoms with Gasteiger partial charge < -0.3 is 4.48 Å². The molecule has 0 unspecified atom stereocenters. The fraction of sp³-hybridized carbons (Fsp3) is 0.538. The van der Waals surface area contributed by atoms with Gasteiger partial charge in [-0.1, -0.05) is 0 Å². The van der Waals surface area contributed by atoms with Crippen LogP contribution < -0.4 is 5.11 Å². The van der Waals surface area contributed by atoms with E-state index in [9.17, 15) is 5.11 Å². The molecule has 0 radical (unpaired) electrons. The van der Waals surface area contributed by atoms with E-state index in [1.165, 1.54) is 0 Å². The van der Waals surface area contributed by atoms with E-state index in [0.29, 0.717) is 5.92 Å². The first-order valence-corrected chi connectivity index (χ1v) is 5.46. The summed E-state index contributed by atoms with van der Waals surface area (Å²) in [4.78, 5) is 0. The molecule has 0 saturated heterocycles. The first kappa shape index (κ1) is 36.8. The molecule has 1 rings (SSSR count). The molecule has 0 bridgehead atoms. The van der Waals surface area contributed by atoms with Gasteiger partial charge in [0, 0.05) is 0 Å². The fourth-order valence-corrected chi connectivity index (χ4v) is 0.687. The van der Waals surface area contributed by atoms with E-state index in [0.717, 1.165) is 17.3 Å². The van der Waals surface area contributed by atoms with Crippen molar-refractivity contribution in [2.24, 2.45) is 5.92 Å². The molecule has 0 aromatic heterocycles. The van der Waals surface area contributed by atoms with Gasteiger partial charge in [-0.25, -0.2) is 0 Å². The minimum absolute atomic E-state index is 0.245. The third kappa shape index (κ3) is 152. The van der Waals surface area contributed by atoms with Crippen molar-refractivity contribution in [2.75, 3.05) is 28.2 Å². The van der Waals surface area contributed by atoms with Gasteiger partial charge in [0.25, 0.3) is 0 Å². The third-order valence-electron chi connectivity index (χ3n) is 0.911. The van der Waals surface area contributed by atoms with Gasteiger partial charge in [0.1, 0.15) is 0 Å². The second-order valence-electron chi connectivity index (χ2n) is 4.28. The second-order valence-corrected chi connectivity index (χ2v) is 4.90. The summed E-state index contributed by atoms with van der Waals surface area (Å²) in [5.74, 6) is 0.407. The van der Waals surface area contributed by atoms with Crippen LogP contribution in [0.15, 0.2) is 0 Å². The molecule has 0 heterocycles. The molecule has 0 amide bonds. The van der Waals surface area contributed by atoms with Gasteiger partial charge in [0.15, 0.2) is 0 Å². The van der Waals surface area contributed by atoms with Crippen molar-refractivity contribution in [1.29, 1.82) is 0 Å². The van der Waals surface area contributed by atoms with Crippen molar-refractivity contribution < 1.29 is 48.7 Å². The first-order valence-electron chi connectivity index (χ1n) is 4.82. The van der Waals surface area contributed by atoms with Crippen LogP contribution in [0, 0.1) is 39.2 Å². The van der Waals surface area contributed by atoms with Gasteiger partial charge in [0.2, 0.25) is 0 Å². The molecule has 7 nitrogen and oxygen atoms in total. The van der Waals surface area contributed by atoms with Gasteiger partial charge in [-0.2, -0.15) is 0 Å². The van der Waals surface area contributed by atoms with Crippen LogP contribution in [0.4, 0.5) is 0 Å². The third-order valence-corrected chi connectivity index (χ3v) is 1.43. The van der Waals surface area contributed by atoms with Crippen LogP contribution in [0.3, 0.4) is 0 Å². The van der Waals surface area contributed by atoms with Crippen molar-refractivity contribution in [3.63, 3.8) is 0 Å². The molecular formula is C13H17CrNO6. The number of nitrogens with zero attached hydrogens (tertiary/aromatic N) is 1. The van der Waals surface area contributed by atoms with Crippen LogP contribution in [0.5, 0.6) is 0 Å². The summed E-state index contributed by atoms with van der Waals surface area (Å²) in [5, 5.41) is 10.2. The van der Waals surface area contributed by atoms with Gasteiger partial charge in [0.05, 0.1) is 28.2 Å². The molecule has 116 valence electrons. The Morgan fingerprint density at radius 1 is 0.810 bits per heavy atom. The SMILES string of the molecule is C[N+](C)(C)C.[C-]#[O+].[C-]#[O+].[C-]#[O+].[C-]#[O+].[C-]#[O+].[O-][C](=[Cr])C1CC1. The van der Waals surface area contributed by atoms with Gasteiger partial charge in [-0.05, 0) is 0 Å². The Bertz CT molecular complexity index is 267. The molecule has 1 fully saturated rings. The second kappa shape index (κ2) is 36.4. The zero-order valence-electron chi connectivity index (χ0n) is 12.3. The monoisotopic (exact) mass is 335 g/mol. The van der Waals surface area contributed by atoms with Crippen molar-refractivity contribution in [1.82, 2.24) is 0 Å². The van der Waals surface area contributed by atoms with Crippen LogP contribution in [-0.2, 0) is 39.1 Å². The van der Waals surface area contributed by atoms with E-state index in [1.54, 1.807) is 0 Å². The van der Waals surface area contributed by atoms with Crippen LogP contribution in [0.2, 0.25) is 0 Å². The van der Waals surface area contributed by atoms with E-state index < -0.39 is 0 Å². The molecule has 1 aliphatic rings. The molecule has 0 aromatic carbocycles. The Labute approximate surface area is 134 Å². The standard InChI is InChI=1S/C4H12N.C4H5O.5CO.Cr/c1-5(2,3)4;5-3-4-1-2-4;5*1-2;/h1-4H3;4H,1-2H2;;;;;;/q+1;-1;;;;;;. The Kier molecular flexibility index (Phi) is 63.9. The van der Waals surface area contributed by atoms with Crippen LogP contribution in [0.1, 0.15) is 12.8 Å². The maximum absolute atomic E-state index is 10.2. The molecule has 1 saturated carbocycles. The average Bonchev–Trinajstić information content (AvgIpc) is 3.33. The van der Waals surface area contributed by atoms with Crippen molar-refractivity contribution >= 4 is 4.57 Å². The van der Waals surface area contributed by atoms with Crippen LogP contribution in [-0.4, -0.2) is 37.2 Å².